The van der Waals surface area contributed by atoms with Gasteiger partial charge in [-0.25, -0.2) is 4.79 Å². The van der Waals surface area contributed by atoms with Crippen molar-refractivity contribution >= 4 is 70.4 Å². The van der Waals surface area contributed by atoms with E-state index in [-0.39, 0.29) is 13.0 Å². The predicted molar refractivity (Wildman–Crippen MR) is 211 cm³/mol. The first-order valence-corrected chi connectivity index (χ1v) is 20.9. The molecule has 1 aromatic carbocycles. The minimum atomic E-state index is -1.17. The monoisotopic (exact) mass is 787 g/mol. The highest BCUT2D eigenvalue weighted by molar-refractivity contribution is 8.18. The number of ether oxygens (including phenoxy) is 1. The van der Waals surface area contributed by atoms with Gasteiger partial charge in [-0.05, 0) is 67.5 Å². The quantitative estimate of drug-likeness (QED) is 0.204. The van der Waals surface area contributed by atoms with Crippen LogP contribution >= 0.6 is 34.9 Å². The Morgan fingerprint density at radius 1 is 0.925 bits per heavy atom. The van der Waals surface area contributed by atoms with Crippen LogP contribution in [0.3, 0.4) is 0 Å². The maximum atomic E-state index is 14.4. The van der Waals surface area contributed by atoms with Gasteiger partial charge < -0.3 is 30.9 Å². The Morgan fingerprint density at radius 2 is 1.60 bits per heavy atom. The number of carbonyl (C=O) groups is 6. The van der Waals surface area contributed by atoms with Crippen molar-refractivity contribution in [1.29, 1.82) is 0 Å². The predicted octanol–water partition coefficient (Wildman–Crippen LogP) is 5.03. The molecule has 1 spiro atoms. The van der Waals surface area contributed by atoms with Crippen molar-refractivity contribution in [3.8, 4) is 0 Å². The first-order valence-electron chi connectivity index (χ1n) is 18.0. The summed E-state index contributed by atoms with van der Waals surface area (Å²) >= 11 is 4.92. The number of thiophene rings is 1. The van der Waals surface area contributed by atoms with E-state index in [1.807, 2.05) is 75.5 Å². The van der Waals surface area contributed by atoms with E-state index >= 15 is 0 Å². The smallest absolute Gasteiger partial charge is 0.408 e. The summed E-state index contributed by atoms with van der Waals surface area (Å²) in [7, 11) is 0. The van der Waals surface area contributed by atoms with E-state index in [9.17, 15) is 28.8 Å². The van der Waals surface area contributed by atoms with Crippen LogP contribution in [0.1, 0.15) is 90.6 Å². The Labute approximate surface area is 325 Å². The van der Waals surface area contributed by atoms with Gasteiger partial charge in [0, 0.05) is 17.8 Å². The number of thioether (sulfide) groups is 2. The number of nitrogens with one attached hydrogen (secondary N) is 4. The zero-order valence-electron chi connectivity index (χ0n) is 31.6. The van der Waals surface area contributed by atoms with Gasteiger partial charge in [-0.1, -0.05) is 70.5 Å². The van der Waals surface area contributed by atoms with Crippen LogP contribution in [0.5, 0.6) is 0 Å². The van der Waals surface area contributed by atoms with Crippen LogP contribution in [-0.2, 0) is 28.7 Å². The van der Waals surface area contributed by atoms with Crippen LogP contribution in [0.2, 0.25) is 0 Å². The van der Waals surface area contributed by atoms with Crippen LogP contribution in [0.4, 0.5) is 4.79 Å². The van der Waals surface area contributed by atoms with E-state index in [0.717, 1.165) is 28.4 Å². The third-order valence-corrected chi connectivity index (χ3v) is 13.1. The van der Waals surface area contributed by atoms with Crippen molar-refractivity contribution in [3.63, 3.8) is 0 Å². The molecule has 0 saturated carbocycles. The Hall–Kier alpha value is -3.56. The minimum absolute atomic E-state index is 0.179. The zero-order chi connectivity index (χ0) is 39.0. The summed E-state index contributed by atoms with van der Waals surface area (Å²) in [5, 5.41) is 12.8. The molecule has 2 saturated heterocycles. The molecule has 2 aliphatic heterocycles. The average molecular weight is 788 g/mol. The second kappa shape index (κ2) is 18.2. The largest absolute Gasteiger partial charge is 0.444 e. The molecule has 0 aliphatic carbocycles. The van der Waals surface area contributed by atoms with Gasteiger partial charge in [0.25, 0.3) is 5.91 Å². The first kappa shape index (κ1) is 42.2. The number of alkyl carbamates (subject to hydrolysis) is 1. The zero-order valence-corrected chi connectivity index (χ0v) is 34.1. The van der Waals surface area contributed by atoms with Crippen molar-refractivity contribution in [3.05, 3.63) is 58.3 Å². The van der Waals surface area contributed by atoms with E-state index in [0.29, 0.717) is 12.8 Å². The minimum Gasteiger partial charge on any atom is -0.444 e. The SMILES string of the molecule is CCCC(NC(=O)[C@@H]1CC2(CN1C(=O)[C@@H](NC(=O)OC(C)(C)C)C(C)(C)C)SCCCS2)C(=O)C(=O)NCC(=O)NC(c1ccccc1)c1cccs1. The third-order valence-electron chi connectivity index (χ3n) is 8.78. The van der Waals surface area contributed by atoms with Gasteiger partial charge in [0.2, 0.25) is 23.5 Å². The van der Waals surface area contributed by atoms with Gasteiger partial charge in [0.15, 0.2) is 0 Å². The van der Waals surface area contributed by atoms with E-state index in [4.69, 9.17) is 4.74 Å². The summed E-state index contributed by atoms with van der Waals surface area (Å²) in [6.45, 7) is 12.4. The number of amides is 5. The topological polar surface area (TPSA) is 163 Å². The Kier molecular flexibility index (Phi) is 14.5. The van der Waals surface area contributed by atoms with Crippen LogP contribution < -0.4 is 21.3 Å². The van der Waals surface area contributed by atoms with E-state index in [1.165, 1.54) is 16.2 Å². The molecule has 2 fully saturated rings. The fraction of sp³-hybridized carbons (Fsp3) is 0.579. The number of benzene rings is 1. The molecule has 2 aliphatic rings. The molecule has 12 nitrogen and oxygen atoms in total. The fourth-order valence-corrected chi connectivity index (χ4v) is 10.4. The van der Waals surface area contributed by atoms with Crippen LogP contribution in [0, 0.1) is 5.41 Å². The molecule has 2 aromatic rings. The van der Waals surface area contributed by atoms with E-state index in [1.54, 1.807) is 44.3 Å². The van der Waals surface area contributed by atoms with Crippen LogP contribution in [0.25, 0.3) is 0 Å². The summed E-state index contributed by atoms with van der Waals surface area (Å²) in [5.74, 6) is -1.56. The molecule has 0 radical (unpaired) electrons. The standard InChI is InChI=1S/C38H53N5O7S3/c1-8-14-25(30(45)33(47)39-22-28(44)41-29(27-17-12-18-51-27)24-15-10-9-11-16-24)40-32(46)26-21-38(52-19-13-20-53-38)23-43(26)34(48)31(36(2,3)4)42-35(49)50-37(5,6)7/h9-12,15-18,25-26,29,31H,8,13-14,19-23H2,1-7H3,(H,39,47)(H,40,46)(H,41,44)(H,42,49)/t25?,26-,29?,31+/m0/s1. The van der Waals surface area contributed by atoms with Gasteiger partial charge >= 0.3 is 6.09 Å². The molecule has 2 unspecified atom stereocenters. The highest BCUT2D eigenvalue weighted by Crippen LogP contribution is 2.50. The Bertz CT molecular complexity index is 1600. The van der Waals surface area contributed by atoms with E-state index < -0.39 is 81.3 Å². The first-order chi connectivity index (χ1) is 24.9. The molecule has 5 amide bonds. The van der Waals surface area contributed by atoms with Crippen molar-refractivity contribution in [2.24, 2.45) is 5.41 Å². The van der Waals surface area contributed by atoms with Gasteiger partial charge in [-0.2, -0.15) is 0 Å². The molecule has 290 valence electrons. The van der Waals surface area contributed by atoms with Gasteiger partial charge in [0.1, 0.15) is 17.7 Å². The second-order valence-corrected chi connectivity index (χ2v) is 19.6. The highest BCUT2D eigenvalue weighted by Gasteiger charge is 2.53. The van der Waals surface area contributed by atoms with Crippen LogP contribution in [-0.4, -0.2) is 92.8 Å². The molecule has 4 atom stereocenters. The Morgan fingerprint density at radius 3 is 2.19 bits per heavy atom. The summed E-state index contributed by atoms with van der Waals surface area (Å²) in [6.07, 6.45) is 1.28. The maximum Gasteiger partial charge on any atom is 0.408 e. The number of carbonyl (C=O) groups excluding carboxylic acids is 6. The summed E-state index contributed by atoms with van der Waals surface area (Å²) < 4.78 is 5.04. The van der Waals surface area contributed by atoms with Crippen LogP contribution in [0.15, 0.2) is 47.8 Å². The van der Waals surface area contributed by atoms with Crippen molar-refractivity contribution in [2.75, 3.05) is 24.6 Å². The second-order valence-electron chi connectivity index (χ2n) is 15.4. The third kappa shape index (κ3) is 11.7. The maximum absolute atomic E-state index is 14.4. The number of rotatable bonds is 13. The van der Waals surface area contributed by atoms with E-state index in [2.05, 4.69) is 21.3 Å². The molecule has 4 N–H and O–H groups in total. The lowest BCUT2D eigenvalue weighted by atomic mass is 9.85. The fourth-order valence-electron chi connectivity index (χ4n) is 6.23. The lowest BCUT2D eigenvalue weighted by molar-refractivity contribution is -0.144. The molecule has 3 heterocycles. The number of ketones is 1. The van der Waals surface area contributed by atoms with Gasteiger partial charge in [0.05, 0.1) is 22.7 Å². The summed E-state index contributed by atoms with van der Waals surface area (Å²) in [6, 6.07) is 9.69. The number of hydrogen-bond donors (Lipinski definition) is 4. The number of Topliss-reactive ketones (excluding diaryl/α,β-unsaturated/α-hetero) is 1. The average Bonchev–Trinajstić information content (AvgIpc) is 3.76. The number of likely N-dealkylation sites (tertiary alicyclic amines) is 1. The summed E-state index contributed by atoms with van der Waals surface area (Å²) in [4.78, 5) is 83.5. The molecule has 0 bridgehead atoms. The number of nitrogens with zero attached hydrogens (tertiary/aromatic N) is 1. The highest BCUT2D eigenvalue weighted by atomic mass is 32.2. The van der Waals surface area contributed by atoms with Crippen molar-refractivity contribution < 1.29 is 33.5 Å². The lowest BCUT2D eigenvalue weighted by Gasteiger charge is -2.36. The van der Waals surface area contributed by atoms with Crippen molar-refractivity contribution in [1.82, 2.24) is 26.2 Å². The van der Waals surface area contributed by atoms with Crippen molar-refractivity contribution in [2.45, 2.75) is 108 Å². The van der Waals surface area contributed by atoms with Gasteiger partial charge in [-0.3, -0.25) is 24.0 Å². The number of hydrogen-bond acceptors (Lipinski definition) is 10. The molecule has 53 heavy (non-hydrogen) atoms. The summed E-state index contributed by atoms with van der Waals surface area (Å²) in [5.41, 5.74) is -0.637. The lowest BCUT2D eigenvalue weighted by Crippen LogP contribution is -2.59. The molecule has 1 aromatic heterocycles. The molecular formula is C38H53N5O7S3. The molecule has 15 heteroatoms. The molecular weight excluding hydrogens is 735 g/mol. The van der Waals surface area contributed by atoms with Gasteiger partial charge in [-0.15, -0.1) is 34.9 Å². The normalized spacial score (nSPS) is 18.7. The molecule has 4 rings (SSSR count). The Balaban J connectivity index is 1.47.